The van der Waals surface area contributed by atoms with E-state index in [-0.39, 0.29) is 11.7 Å². The molecule has 1 aliphatic rings. The molecule has 88 valence electrons. The molecule has 0 atom stereocenters. The second-order valence-corrected chi connectivity index (χ2v) is 4.48. The largest absolute Gasteiger partial charge is 0.505 e. The lowest BCUT2D eigenvalue weighted by Crippen LogP contribution is -2.23. The number of aromatic nitrogens is 2. The number of hydrogen-bond donors (Lipinski definition) is 2. The highest BCUT2D eigenvalue weighted by Gasteiger charge is 2.26. The topological polar surface area (TPSA) is 75.3 Å². The van der Waals surface area contributed by atoms with Gasteiger partial charge in [0.2, 0.25) is 0 Å². The van der Waals surface area contributed by atoms with Crippen molar-refractivity contribution in [3.05, 3.63) is 12.4 Å². The highest BCUT2D eigenvalue weighted by molar-refractivity contribution is 5.69. The molecule has 0 amide bonds. The van der Waals surface area contributed by atoms with E-state index in [1.165, 1.54) is 6.20 Å². The highest BCUT2D eigenvalue weighted by Crippen LogP contribution is 2.29. The fourth-order valence-electron chi connectivity index (χ4n) is 2.31. The van der Waals surface area contributed by atoms with E-state index in [1.54, 1.807) is 10.9 Å². The molecule has 0 saturated heterocycles. The van der Waals surface area contributed by atoms with Gasteiger partial charge in [0, 0.05) is 6.54 Å². The van der Waals surface area contributed by atoms with Crippen LogP contribution >= 0.6 is 0 Å². The molecular weight excluding hydrogens is 208 g/mol. The fourth-order valence-corrected chi connectivity index (χ4v) is 2.31. The molecule has 0 spiro atoms. The zero-order chi connectivity index (χ0) is 11.5. The minimum Gasteiger partial charge on any atom is -0.505 e. The summed E-state index contributed by atoms with van der Waals surface area (Å²) in [7, 11) is 0. The second kappa shape index (κ2) is 4.55. The Balaban J connectivity index is 1.83. The average Bonchev–Trinajstić information content (AvgIpc) is 2.65. The lowest BCUT2D eigenvalue weighted by Gasteiger charge is -2.25. The van der Waals surface area contributed by atoms with Crippen molar-refractivity contribution in [2.45, 2.75) is 32.2 Å². The summed E-state index contributed by atoms with van der Waals surface area (Å²) in [5, 5.41) is 22.0. The number of carbonyl (C=O) groups is 1. The van der Waals surface area contributed by atoms with Crippen molar-refractivity contribution in [3.63, 3.8) is 0 Å². The number of carboxylic acids is 1. The molecule has 1 aliphatic carbocycles. The molecule has 5 nitrogen and oxygen atoms in total. The molecule has 0 aromatic carbocycles. The number of aromatic hydroxyl groups is 1. The Morgan fingerprint density at radius 1 is 1.44 bits per heavy atom. The monoisotopic (exact) mass is 224 g/mol. The summed E-state index contributed by atoms with van der Waals surface area (Å²) in [5.41, 5.74) is 0. The van der Waals surface area contributed by atoms with Gasteiger partial charge in [-0.1, -0.05) is 0 Å². The Kier molecular flexibility index (Phi) is 3.12. The van der Waals surface area contributed by atoms with Gasteiger partial charge >= 0.3 is 5.97 Å². The first-order chi connectivity index (χ1) is 7.65. The number of aliphatic carboxylic acids is 1. The van der Waals surface area contributed by atoms with Crippen LogP contribution in [-0.4, -0.2) is 26.0 Å². The lowest BCUT2D eigenvalue weighted by molar-refractivity contribution is -0.143. The predicted molar refractivity (Wildman–Crippen MR) is 57.0 cm³/mol. The Morgan fingerprint density at radius 2 is 2.12 bits per heavy atom. The van der Waals surface area contributed by atoms with Crippen molar-refractivity contribution in [2.24, 2.45) is 11.8 Å². The van der Waals surface area contributed by atoms with Gasteiger partial charge in [0.1, 0.15) is 0 Å². The van der Waals surface area contributed by atoms with Crippen molar-refractivity contribution in [1.82, 2.24) is 9.78 Å². The van der Waals surface area contributed by atoms with Crippen LogP contribution in [0, 0.1) is 11.8 Å². The van der Waals surface area contributed by atoms with Crippen LogP contribution in [0.25, 0.3) is 0 Å². The van der Waals surface area contributed by atoms with Crippen LogP contribution in [0.2, 0.25) is 0 Å². The van der Waals surface area contributed by atoms with Gasteiger partial charge < -0.3 is 10.2 Å². The molecule has 5 heteroatoms. The van der Waals surface area contributed by atoms with E-state index >= 15 is 0 Å². The summed E-state index contributed by atoms with van der Waals surface area (Å²) in [6.45, 7) is 0.771. The van der Waals surface area contributed by atoms with Crippen molar-refractivity contribution >= 4 is 5.97 Å². The van der Waals surface area contributed by atoms with Gasteiger partial charge in [-0.05, 0) is 31.6 Å². The van der Waals surface area contributed by atoms with E-state index in [2.05, 4.69) is 5.10 Å². The molecule has 0 radical (unpaired) electrons. The van der Waals surface area contributed by atoms with Gasteiger partial charge in [0.25, 0.3) is 0 Å². The molecule has 16 heavy (non-hydrogen) atoms. The average molecular weight is 224 g/mol. The number of nitrogens with zero attached hydrogens (tertiary/aromatic N) is 2. The molecule has 2 rings (SSSR count). The number of carboxylic acid groups (broad SMARTS) is 1. The van der Waals surface area contributed by atoms with Gasteiger partial charge in [0.05, 0.1) is 18.3 Å². The summed E-state index contributed by atoms with van der Waals surface area (Å²) < 4.78 is 1.72. The van der Waals surface area contributed by atoms with Crippen LogP contribution in [0.1, 0.15) is 25.7 Å². The third kappa shape index (κ3) is 2.53. The van der Waals surface area contributed by atoms with E-state index in [1.807, 2.05) is 0 Å². The first kappa shape index (κ1) is 11.0. The Morgan fingerprint density at radius 3 is 2.62 bits per heavy atom. The standard InChI is InChI=1S/C11H16N2O3/c14-10-5-12-13(7-10)6-8-1-3-9(4-2-8)11(15)16/h5,7-9,14H,1-4,6H2,(H,15,16). The first-order valence-electron chi connectivity index (χ1n) is 5.59. The molecule has 2 N–H and O–H groups in total. The fraction of sp³-hybridized carbons (Fsp3) is 0.636. The maximum absolute atomic E-state index is 10.8. The van der Waals surface area contributed by atoms with E-state index in [9.17, 15) is 4.79 Å². The van der Waals surface area contributed by atoms with Crippen molar-refractivity contribution in [3.8, 4) is 5.75 Å². The van der Waals surface area contributed by atoms with E-state index in [0.29, 0.717) is 5.92 Å². The van der Waals surface area contributed by atoms with Crippen LogP contribution < -0.4 is 0 Å². The molecule has 1 heterocycles. The summed E-state index contributed by atoms with van der Waals surface area (Å²) in [5.74, 6) is -0.174. The molecule has 1 saturated carbocycles. The second-order valence-electron chi connectivity index (χ2n) is 4.48. The van der Waals surface area contributed by atoms with Crippen LogP contribution in [0.5, 0.6) is 5.75 Å². The zero-order valence-corrected chi connectivity index (χ0v) is 9.04. The summed E-state index contributed by atoms with van der Waals surface area (Å²) in [4.78, 5) is 10.8. The maximum atomic E-state index is 10.8. The van der Waals surface area contributed by atoms with E-state index < -0.39 is 5.97 Å². The van der Waals surface area contributed by atoms with Crippen molar-refractivity contribution in [2.75, 3.05) is 0 Å². The van der Waals surface area contributed by atoms with Gasteiger partial charge in [-0.25, -0.2) is 0 Å². The maximum Gasteiger partial charge on any atom is 0.306 e. The third-order valence-electron chi connectivity index (χ3n) is 3.26. The molecule has 1 aromatic heterocycles. The molecular formula is C11H16N2O3. The Bertz CT molecular complexity index is 367. The Hall–Kier alpha value is -1.52. The summed E-state index contributed by atoms with van der Waals surface area (Å²) >= 11 is 0. The molecule has 0 bridgehead atoms. The quantitative estimate of drug-likeness (QED) is 0.815. The lowest BCUT2D eigenvalue weighted by atomic mass is 9.82. The molecule has 0 aliphatic heterocycles. The van der Waals surface area contributed by atoms with E-state index in [0.717, 1.165) is 32.2 Å². The predicted octanol–water partition coefficient (Wildman–Crippen LogP) is 1.48. The van der Waals surface area contributed by atoms with Crippen LogP contribution in [0.15, 0.2) is 12.4 Å². The number of rotatable bonds is 3. The highest BCUT2D eigenvalue weighted by atomic mass is 16.4. The van der Waals surface area contributed by atoms with Crippen LogP contribution in [-0.2, 0) is 11.3 Å². The zero-order valence-electron chi connectivity index (χ0n) is 9.04. The summed E-state index contributed by atoms with van der Waals surface area (Å²) in [6, 6.07) is 0. The van der Waals surface area contributed by atoms with Crippen molar-refractivity contribution in [1.29, 1.82) is 0 Å². The SMILES string of the molecule is O=C(O)C1CCC(Cn2cc(O)cn2)CC1. The van der Waals surface area contributed by atoms with Gasteiger partial charge in [-0.3, -0.25) is 9.48 Å². The number of hydrogen-bond acceptors (Lipinski definition) is 3. The normalized spacial score (nSPS) is 25.5. The van der Waals surface area contributed by atoms with E-state index in [4.69, 9.17) is 10.2 Å². The third-order valence-corrected chi connectivity index (χ3v) is 3.26. The van der Waals surface area contributed by atoms with Gasteiger partial charge in [-0.2, -0.15) is 5.10 Å². The van der Waals surface area contributed by atoms with Crippen molar-refractivity contribution < 1.29 is 15.0 Å². The first-order valence-corrected chi connectivity index (χ1v) is 5.59. The molecule has 1 fully saturated rings. The minimum atomic E-state index is -0.671. The molecule has 0 unspecified atom stereocenters. The van der Waals surface area contributed by atoms with Crippen LogP contribution in [0.3, 0.4) is 0 Å². The van der Waals surface area contributed by atoms with Crippen LogP contribution in [0.4, 0.5) is 0 Å². The van der Waals surface area contributed by atoms with Gasteiger partial charge in [0.15, 0.2) is 5.75 Å². The summed E-state index contributed by atoms with van der Waals surface area (Å²) in [6.07, 6.45) is 6.39. The van der Waals surface area contributed by atoms with Gasteiger partial charge in [-0.15, -0.1) is 0 Å². The minimum absolute atomic E-state index is 0.165. The Labute approximate surface area is 93.7 Å². The molecule has 1 aromatic rings. The smallest absolute Gasteiger partial charge is 0.306 e.